The van der Waals surface area contributed by atoms with Crippen LogP contribution in [0.5, 0.6) is 0 Å². The van der Waals surface area contributed by atoms with Crippen molar-refractivity contribution in [2.24, 2.45) is 0 Å². The minimum absolute atomic E-state index is 0.133. The molecule has 0 saturated heterocycles. The molecule has 1 aliphatic rings. The highest BCUT2D eigenvalue weighted by molar-refractivity contribution is 9.10. The number of anilines is 1. The lowest BCUT2D eigenvalue weighted by molar-refractivity contribution is -0.112. The van der Waals surface area contributed by atoms with Gasteiger partial charge in [0.25, 0.3) is 11.5 Å². The first-order valence-electron chi connectivity index (χ1n) is 9.82. The van der Waals surface area contributed by atoms with E-state index < -0.39 is 0 Å². The Morgan fingerprint density at radius 2 is 1.71 bits per heavy atom. The van der Waals surface area contributed by atoms with Crippen molar-refractivity contribution in [1.29, 1.82) is 0 Å². The predicted molar refractivity (Wildman–Crippen MR) is 128 cm³/mol. The highest BCUT2D eigenvalue weighted by Gasteiger charge is 2.30. The van der Waals surface area contributed by atoms with Gasteiger partial charge in [0, 0.05) is 17.1 Å². The van der Waals surface area contributed by atoms with Gasteiger partial charge in [-0.1, -0.05) is 45.8 Å². The second-order valence-electron chi connectivity index (χ2n) is 7.55. The van der Waals surface area contributed by atoms with Gasteiger partial charge in [0.05, 0.1) is 27.9 Å². The summed E-state index contributed by atoms with van der Waals surface area (Å²) in [7, 11) is 1.75. The van der Waals surface area contributed by atoms with E-state index in [4.69, 9.17) is 4.98 Å². The molecule has 0 N–H and O–H groups in total. The Kier molecular flexibility index (Phi) is 4.59. The van der Waals surface area contributed by atoms with E-state index in [2.05, 4.69) is 15.9 Å². The third-order valence-corrected chi connectivity index (χ3v) is 6.01. The van der Waals surface area contributed by atoms with Crippen molar-refractivity contribution in [2.75, 3.05) is 11.9 Å². The number of benzene rings is 3. The third kappa shape index (κ3) is 3.20. The molecule has 2 heterocycles. The van der Waals surface area contributed by atoms with E-state index in [-0.39, 0.29) is 11.5 Å². The van der Waals surface area contributed by atoms with Crippen LogP contribution in [0.15, 0.2) is 76.0 Å². The van der Waals surface area contributed by atoms with Gasteiger partial charge in [0.15, 0.2) is 0 Å². The van der Waals surface area contributed by atoms with Gasteiger partial charge in [-0.25, -0.2) is 4.98 Å². The number of carbonyl (C=O) groups excluding carboxylic acids is 1. The van der Waals surface area contributed by atoms with Gasteiger partial charge in [0.2, 0.25) is 0 Å². The smallest absolute Gasteiger partial charge is 0.266 e. The topological polar surface area (TPSA) is 55.2 Å². The van der Waals surface area contributed by atoms with E-state index in [1.165, 1.54) is 0 Å². The highest BCUT2D eigenvalue weighted by Crippen LogP contribution is 2.38. The summed E-state index contributed by atoms with van der Waals surface area (Å²) in [5, 5.41) is 0.531. The first-order chi connectivity index (χ1) is 14.9. The molecule has 4 aromatic rings. The number of hydrogen-bond donors (Lipinski definition) is 0. The molecular weight excluding hydrogens is 454 g/mol. The molecule has 0 radical (unpaired) electrons. The van der Waals surface area contributed by atoms with E-state index in [9.17, 15) is 9.59 Å². The van der Waals surface area contributed by atoms with Crippen LogP contribution < -0.4 is 10.5 Å². The Hall–Kier alpha value is -3.51. The van der Waals surface area contributed by atoms with Gasteiger partial charge in [-0.05, 0) is 55.5 Å². The van der Waals surface area contributed by atoms with Gasteiger partial charge < -0.3 is 4.90 Å². The molecular formula is C25H18BrN3O2. The first-order valence-corrected chi connectivity index (χ1v) is 10.6. The Morgan fingerprint density at radius 3 is 2.48 bits per heavy atom. The molecule has 6 heteroatoms. The molecule has 0 bridgehead atoms. The van der Waals surface area contributed by atoms with Crippen molar-refractivity contribution < 1.29 is 4.79 Å². The number of amides is 1. The third-order valence-electron chi connectivity index (χ3n) is 5.51. The van der Waals surface area contributed by atoms with Crippen molar-refractivity contribution in [2.45, 2.75) is 6.92 Å². The van der Waals surface area contributed by atoms with Crippen molar-refractivity contribution in [3.05, 3.63) is 98.5 Å². The van der Waals surface area contributed by atoms with Gasteiger partial charge >= 0.3 is 0 Å². The maximum absolute atomic E-state index is 13.4. The normalized spacial score (nSPS) is 14.5. The number of rotatable bonds is 2. The summed E-state index contributed by atoms with van der Waals surface area (Å²) in [6.45, 7) is 2.00. The molecule has 152 valence electrons. The molecule has 1 aromatic heterocycles. The number of nitrogens with zero attached hydrogens (tertiary/aromatic N) is 3. The number of aromatic nitrogens is 2. The summed E-state index contributed by atoms with van der Waals surface area (Å²) >= 11 is 3.49. The minimum atomic E-state index is -0.172. The molecule has 0 unspecified atom stereocenters. The summed E-state index contributed by atoms with van der Waals surface area (Å²) in [4.78, 5) is 32.9. The molecule has 31 heavy (non-hydrogen) atoms. The lowest BCUT2D eigenvalue weighted by Crippen LogP contribution is -2.23. The lowest BCUT2D eigenvalue weighted by atomic mass is 10.1. The van der Waals surface area contributed by atoms with Crippen molar-refractivity contribution in [3.8, 4) is 5.69 Å². The number of halogens is 1. The van der Waals surface area contributed by atoms with Gasteiger partial charge in [0.1, 0.15) is 5.82 Å². The second-order valence-corrected chi connectivity index (χ2v) is 8.46. The number of aryl methyl sites for hydroxylation is 1. The molecule has 0 atom stereocenters. The van der Waals surface area contributed by atoms with E-state index in [1.54, 1.807) is 28.7 Å². The zero-order valence-electron chi connectivity index (χ0n) is 17.0. The molecule has 1 aliphatic heterocycles. The van der Waals surface area contributed by atoms with Crippen molar-refractivity contribution in [3.63, 3.8) is 0 Å². The Bertz CT molecular complexity index is 1450. The Balaban J connectivity index is 1.82. The molecule has 1 amide bonds. The zero-order valence-corrected chi connectivity index (χ0v) is 18.6. The maximum atomic E-state index is 13.4. The molecule has 0 aliphatic carbocycles. The summed E-state index contributed by atoms with van der Waals surface area (Å²) in [5.41, 5.74) is 4.35. The van der Waals surface area contributed by atoms with Gasteiger partial charge in [-0.2, -0.15) is 0 Å². The molecule has 5 rings (SSSR count). The lowest BCUT2D eigenvalue weighted by Gasteiger charge is -2.12. The van der Waals surface area contributed by atoms with Gasteiger partial charge in [-0.15, -0.1) is 0 Å². The summed E-state index contributed by atoms with van der Waals surface area (Å²) in [5.74, 6) is 0.281. The number of carbonyl (C=O) groups is 1. The maximum Gasteiger partial charge on any atom is 0.266 e. The van der Waals surface area contributed by atoms with Crippen LogP contribution in [0.3, 0.4) is 0 Å². The van der Waals surface area contributed by atoms with Crippen molar-refractivity contribution in [1.82, 2.24) is 9.55 Å². The summed E-state index contributed by atoms with van der Waals surface area (Å²) < 4.78 is 2.44. The highest BCUT2D eigenvalue weighted by atomic mass is 79.9. The number of para-hydroxylation sites is 1. The zero-order chi connectivity index (χ0) is 21.7. The van der Waals surface area contributed by atoms with Crippen LogP contribution in [0.2, 0.25) is 0 Å². The number of fused-ring (bicyclic) bond motifs is 2. The first kappa shape index (κ1) is 19.5. The van der Waals surface area contributed by atoms with Crippen LogP contribution in [0.4, 0.5) is 5.69 Å². The Labute approximate surface area is 187 Å². The van der Waals surface area contributed by atoms with Crippen LogP contribution in [0.1, 0.15) is 17.0 Å². The van der Waals surface area contributed by atoms with Crippen LogP contribution >= 0.6 is 15.9 Å². The van der Waals surface area contributed by atoms with Gasteiger partial charge in [-0.3, -0.25) is 14.2 Å². The second kappa shape index (κ2) is 7.32. The molecule has 0 spiro atoms. The molecule has 0 saturated carbocycles. The predicted octanol–water partition coefficient (Wildman–Crippen LogP) is 4.97. The molecule has 5 nitrogen and oxygen atoms in total. The average molecular weight is 472 g/mol. The number of likely N-dealkylation sites (N-methyl/N-ethyl adjacent to an activating group) is 1. The van der Waals surface area contributed by atoms with Crippen LogP contribution in [0.25, 0.3) is 28.2 Å². The molecule has 3 aromatic carbocycles. The monoisotopic (exact) mass is 471 g/mol. The quantitative estimate of drug-likeness (QED) is 0.387. The fraction of sp³-hybridized carbons (Fsp3) is 0.0800. The minimum Gasteiger partial charge on any atom is -0.311 e. The van der Waals surface area contributed by atoms with E-state index in [0.29, 0.717) is 28.0 Å². The fourth-order valence-corrected chi connectivity index (χ4v) is 4.24. The molecule has 0 fully saturated rings. The standard InChI is InChI=1S/C25H18BrN3O2/c1-15-7-10-17(11-8-15)29-23(27-21-6-4-3-5-18(21)25(29)31)14-20-19-13-16(26)9-12-22(19)28(2)24(20)30/h3-14H,1-2H3. The number of hydrogen-bond acceptors (Lipinski definition) is 3. The van der Waals surface area contributed by atoms with Crippen LogP contribution in [-0.2, 0) is 4.79 Å². The summed E-state index contributed by atoms with van der Waals surface area (Å²) in [6, 6.07) is 20.7. The largest absolute Gasteiger partial charge is 0.311 e. The Morgan fingerprint density at radius 1 is 0.968 bits per heavy atom. The van der Waals surface area contributed by atoms with Crippen LogP contribution in [0, 0.1) is 6.92 Å². The van der Waals surface area contributed by atoms with E-state index >= 15 is 0 Å². The summed E-state index contributed by atoms with van der Waals surface area (Å²) in [6.07, 6.45) is 1.71. The fourth-order valence-electron chi connectivity index (χ4n) is 3.88. The van der Waals surface area contributed by atoms with E-state index in [0.717, 1.165) is 21.3 Å². The van der Waals surface area contributed by atoms with Crippen LogP contribution in [-0.4, -0.2) is 22.5 Å². The van der Waals surface area contributed by atoms with E-state index in [1.807, 2.05) is 67.6 Å². The SMILES string of the molecule is Cc1ccc(-n2c(C=C3C(=O)N(C)c4ccc(Br)cc43)nc3ccccc3c2=O)cc1. The average Bonchev–Trinajstić information content (AvgIpc) is 2.99. The van der Waals surface area contributed by atoms with Crippen molar-refractivity contribution >= 4 is 50.1 Å².